The van der Waals surface area contributed by atoms with Crippen molar-refractivity contribution in [3.8, 4) is 0 Å². The molecule has 6 nitrogen and oxygen atoms in total. The number of amides is 1. The van der Waals surface area contributed by atoms with Crippen LogP contribution >= 0.6 is 0 Å². The lowest BCUT2D eigenvalue weighted by Crippen LogP contribution is -2.50. The van der Waals surface area contributed by atoms with Gasteiger partial charge in [0.2, 0.25) is 15.9 Å². The zero-order chi connectivity index (χ0) is 21.8. The minimum absolute atomic E-state index is 0.0712. The van der Waals surface area contributed by atoms with Gasteiger partial charge in [-0.3, -0.25) is 4.79 Å². The number of nitrogens with one attached hydrogen (secondary N) is 1. The predicted molar refractivity (Wildman–Crippen MR) is 109 cm³/mol. The van der Waals surface area contributed by atoms with Crippen molar-refractivity contribution in [3.05, 3.63) is 29.8 Å². The van der Waals surface area contributed by atoms with Crippen LogP contribution in [0.5, 0.6) is 0 Å². The number of rotatable bonds is 7. The number of sulfonamides is 1. The van der Waals surface area contributed by atoms with Crippen LogP contribution in [0.2, 0.25) is 0 Å². The summed E-state index contributed by atoms with van der Waals surface area (Å²) < 4.78 is 65.2. The molecule has 1 heterocycles. The number of nitrogens with zero attached hydrogens (tertiary/aromatic N) is 2. The Kier molecular flexibility index (Phi) is 7.28. The molecule has 0 radical (unpaired) electrons. The average Bonchev–Trinajstić information content (AvgIpc) is 3.20. The highest BCUT2D eigenvalue weighted by Crippen LogP contribution is 2.32. The Bertz CT molecular complexity index is 831. The van der Waals surface area contributed by atoms with Crippen LogP contribution in [0.1, 0.15) is 37.7 Å². The maximum Gasteiger partial charge on any atom is 0.416 e. The average molecular weight is 448 g/mol. The van der Waals surface area contributed by atoms with Crippen LogP contribution in [-0.4, -0.2) is 57.1 Å². The molecule has 0 unspecified atom stereocenters. The second kappa shape index (κ2) is 9.55. The van der Waals surface area contributed by atoms with E-state index in [4.69, 9.17) is 0 Å². The van der Waals surface area contributed by atoms with Crippen molar-refractivity contribution in [2.45, 2.75) is 38.3 Å². The molecule has 1 saturated heterocycles. The largest absolute Gasteiger partial charge is 0.416 e. The minimum Gasteiger partial charge on any atom is -0.369 e. The van der Waals surface area contributed by atoms with Gasteiger partial charge in [-0.25, -0.2) is 8.42 Å². The maximum absolute atomic E-state index is 12.9. The number of hydrogen-bond acceptors (Lipinski definition) is 4. The van der Waals surface area contributed by atoms with Gasteiger partial charge >= 0.3 is 6.18 Å². The van der Waals surface area contributed by atoms with Crippen molar-refractivity contribution >= 4 is 21.6 Å². The van der Waals surface area contributed by atoms with E-state index in [-0.39, 0.29) is 31.3 Å². The lowest BCUT2D eigenvalue weighted by atomic mass is 10.0. The number of halogens is 3. The van der Waals surface area contributed by atoms with Gasteiger partial charge in [0.05, 0.1) is 11.3 Å². The highest BCUT2D eigenvalue weighted by atomic mass is 32.2. The summed E-state index contributed by atoms with van der Waals surface area (Å²) in [4.78, 5) is 13.7. The van der Waals surface area contributed by atoms with Gasteiger partial charge in [0, 0.05) is 44.8 Å². The Balaban J connectivity index is 1.46. The van der Waals surface area contributed by atoms with Crippen molar-refractivity contribution < 1.29 is 26.4 Å². The molecule has 1 aromatic rings. The molecule has 1 saturated carbocycles. The first-order valence-electron chi connectivity index (χ1n) is 10.3. The van der Waals surface area contributed by atoms with Gasteiger partial charge in [-0.05, 0) is 37.0 Å². The SMILES string of the molecule is O=C(CC1CCCC1)NCCS(=O)(=O)N1CCN(c2cccc(C(F)(F)F)c2)CC1. The van der Waals surface area contributed by atoms with Crippen molar-refractivity contribution in [3.63, 3.8) is 0 Å². The number of hydrogen-bond donors (Lipinski definition) is 1. The van der Waals surface area contributed by atoms with Gasteiger partial charge in [0.1, 0.15) is 0 Å². The molecule has 0 atom stereocenters. The Morgan fingerprint density at radius 1 is 1.10 bits per heavy atom. The summed E-state index contributed by atoms with van der Waals surface area (Å²) in [7, 11) is -3.53. The van der Waals surface area contributed by atoms with Crippen LogP contribution in [-0.2, 0) is 21.0 Å². The van der Waals surface area contributed by atoms with Gasteiger partial charge in [0.15, 0.2) is 0 Å². The van der Waals surface area contributed by atoms with Crippen LogP contribution in [0.15, 0.2) is 24.3 Å². The molecule has 1 aliphatic heterocycles. The highest BCUT2D eigenvalue weighted by Gasteiger charge is 2.32. The molecule has 0 spiro atoms. The number of carbonyl (C=O) groups excluding carboxylic acids is 1. The third-order valence-corrected chi connectivity index (χ3v) is 7.67. The second-order valence-corrected chi connectivity index (χ2v) is 10.0. The van der Waals surface area contributed by atoms with E-state index in [0.717, 1.165) is 37.8 Å². The van der Waals surface area contributed by atoms with Crippen LogP contribution in [0, 0.1) is 5.92 Å². The predicted octanol–water partition coefficient (Wildman–Crippen LogP) is 2.85. The zero-order valence-electron chi connectivity index (χ0n) is 16.8. The number of piperazine rings is 1. The maximum atomic E-state index is 12.9. The van der Waals surface area contributed by atoms with E-state index in [1.165, 1.54) is 10.4 Å². The molecule has 10 heteroatoms. The van der Waals surface area contributed by atoms with Crippen molar-refractivity contribution in [2.24, 2.45) is 5.92 Å². The summed E-state index contributed by atoms with van der Waals surface area (Å²) in [6.45, 7) is 1.11. The van der Waals surface area contributed by atoms with E-state index >= 15 is 0 Å². The number of anilines is 1. The summed E-state index contributed by atoms with van der Waals surface area (Å²) in [6.07, 6.45) is 0.459. The van der Waals surface area contributed by atoms with Crippen molar-refractivity contribution in [1.29, 1.82) is 0 Å². The smallest absolute Gasteiger partial charge is 0.369 e. The number of alkyl halides is 3. The highest BCUT2D eigenvalue weighted by molar-refractivity contribution is 7.89. The van der Waals surface area contributed by atoms with Gasteiger partial charge in [-0.15, -0.1) is 0 Å². The summed E-state index contributed by atoms with van der Waals surface area (Å²) >= 11 is 0. The molecule has 3 rings (SSSR count). The van der Waals surface area contributed by atoms with E-state index in [0.29, 0.717) is 31.1 Å². The molecule has 2 fully saturated rings. The van der Waals surface area contributed by atoms with Gasteiger partial charge in [0.25, 0.3) is 0 Å². The van der Waals surface area contributed by atoms with Crippen molar-refractivity contribution in [2.75, 3.05) is 43.4 Å². The third kappa shape index (κ3) is 6.10. The summed E-state index contributed by atoms with van der Waals surface area (Å²) in [5.74, 6) is 0.129. The minimum atomic E-state index is -4.41. The first-order chi connectivity index (χ1) is 14.1. The Morgan fingerprint density at radius 3 is 2.40 bits per heavy atom. The quantitative estimate of drug-likeness (QED) is 0.698. The molecule has 30 heavy (non-hydrogen) atoms. The topological polar surface area (TPSA) is 69.7 Å². The lowest BCUT2D eigenvalue weighted by molar-refractivity contribution is -0.137. The first-order valence-corrected chi connectivity index (χ1v) is 11.9. The van der Waals surface area contributed by atoms with Gasteiger partial charge in [-0.2, -0.15) is 17.5 Å². The summed E-state index contributed by atoms with van der Waals surface area (Å²) in [5, 5.41) is 2.70. The van der Waals surface area contributed by atoms with E-state index < -0.39 is 21.8 Å². The van der Waals surface area contributed by atoms with E-state index in [9.17, 15) is 26.4 Å². The monoisotopic (exact) mass is 447 g/mol. The molecule has 2 aliphatic rings. The molecule has 1 aliphatic carbocycles. The van der Waals surface area contributed by atoms with Gasteiger partial charge in [-0.1, -0.05) is 18.9 Å². The fourth-order valence-electron chi connectivity index (χ4n) is 4.10. The van der Waals surface area contributed by atoms with E-state index in [2.05, 4.69) is 5.32 Å². The van der Waals surface area contributed by atoms with Crippen LogP contribution in [0.25, 0.3) is 0 Å². The van der Waals surface area contributed by atoms with Crippen LogP contribution in [0.4, 0.5) is 18.9 Å². The first kappa shape index (κ1) is 22.9. The zero-order valence-corrected chi connectivity index (χ0v) is 17.6. The molecule has 168 valence electrons. The van der Waals surface area contributed by atoms with Crippen molar-refractivity contribution in [1.82, 2.24) is 9.62 Å². The third-order valence-electron chi connectivity index (χ3n) is 5.80. The molecule has 0 aromatic heterocycles. The van der Waals surface area contributed by atoms with Crippen LogP contribution in [0.3, 0.4) is 0 Å². The molecule has 0 bridgehead atoms. The Labute approximate surface area is 175 Å². The Hall–Kier alpha value is -1.81. The van der Waals surface area contributed by atoms with Gasteiger partial charge < -0.3 is 10.2 Å². The number of benzene rings is 1. The summed E-state index contributed by atoms with van der Waals surface area (Å²) in [5.41, 5.74) is -0.288. The lowest BCUT2D eigenvalue weighted by Gasteiger charge is -2.35. The Morgan fingerprint density at radius 2 is 1.77 bits per heavy atom. The molecule has 1 amide bonds. The van der Waals surface area contributed by atoms with E-state index in [1.807, 2.05) is 0 Å². The second-order valence-electron chi connectivity index (χ2n) is 7.95. The number of carbonyl (C=O) groups is 1. The molecule has 1 N–H and O–H groups in total. The fourth-order valence-corrected chi connectivity index (χ4v) is 5.44. The molecule has 1 aromatic carbocycles. The molecular weight excluding hydrogens is 419 g/mol. The summed E-state index contributed by atoms with van der Waals surface area (Å²) in [6, 6.07) is 5.06. The fraction of sp³-hybridized carbons (Fsp3) is 0.650. The standard InChI is InChI=1S/C20H28F3N3O3S/c21-20(22,23)17-6-3-7-18(15-17)25-9-11-26(12-10-25)30(28,29)13-8-24-19(27)14-16-4-1-2-5-16/h3,6-7,15-16H,1-2,4-5,8-14H2,(H,24,27). The van der Waals surface area contributed by atoms with Crippen LogP contribution < -0.4 is 10.2 Å². The van der Waals surface area contributed by atoms with E-state index in [1.54, 1.807) is 11.0 Å². The molecular formula is C20H28F3N3O3S. The normalized spacial score (nSPS) is 19.2.